The molecule has 2 aromatic rings. The first kappa shape index (κ1) is 22.2. The number of amides is 3. The van der Waals surface area contributed by atoms with Crippen LogP contribution in [0.15, 0.2) is 42.5 Å². The minimum Gasteiger partial charge on any atom is -0.380 e. The van der Waals surface area contributed by atoms with Crippen LogP contribution in [0.1, 0.15) is 17.5 Å². The van der Waals surface area contributed by atoms with E-state index in [1.165, 1.54) is 40.3 Å². The minimum atomic E-state index is -0.662. The lowest BCUT2D eigenvalue weighted by atomic mass is 10.0. The number of carbonyl (C=O) groups is 2. The summed E-state index contributed by atoms with van der Waals surface area (Å²) >= 11 is 0. The van der Waals surface area contributed by atoms with Gasteiger partial charge in [0.25, 0.3) is 0 Å². The topological polar surface area (TPSA) is 73.9 Å². The summed E-state index contributed by atoms with van der Waals surface area (Å²) in [6, 6.07) is 10.5. The van der Waals surface area contributed by atoms with Gasteiger partial charge in [-0.2, -0.15) is 0 Å². The Labute approximate surface area is 187 Å². The van der Waals surface area contributed by atoms with Crippen molar-refractivity contribution in [2.45, 2.75) is 31.4 Å². The Morgan fingerprint density at radius 3 is 2.41 bits per heavy atom. The van der Waals surface area contributed by atoms with Crippen LogP contribution in [0.5, 0.6) is 0 Å². The van der Waals surface area contributed by atoms with E-state index in [2.05, 4.69) is 28.6 Å². The van der Waals surface area contributed by atoms with E-state index in [1.807, 2.05) is 12.1 Å². The van der Waals surface area contributed by atoms with E-state index in [9.17, 15) is 14.0 Å². The summed E-state index contributed by atoms with van der Waals surface area (Å²) in [5.41, 5.74) is 3.76. The molecule has 8 heteroatoms. The predicted molar refractivity (Wildman–Crippen MR) is 121 cm³/mol. The van der Waals surface area contributed by atoms with Crippen molar-refractivity contribution in [2.24, 2.45) is 0 Å². The molecule has 0 radical (unpaired) electrons. The van der Waals surface area contributed by atoms with Crippen molar-refractivity contribution in [1.29, 1.82) is 0 Å². The SMILES string of the molecule is COC1C[C@H](C(=O)Nc2ccc3c(c2)CCN(C)CC3)N(C(=O)Nc2ccc(F)cc2)C1. The number of nitrogens with one attached hydrogen (secondary N) is 2. The highest BCUT2D eigenvalue weighted by molar-refractivity contribution is 5.99. The second kappa shape index (κ2) is 9.67. The second-order valence-corrected chi connectivity index (χ2v) is 8.47. The molecule has 3 amide bonds. The number of rotatable bonds is 4. The average molecular weight is 441 g/mol. The quantitative estimate of drug-likeness (QED) is 0.766. The normalized spacial score (nSPS) is 21.0. The van der Waals surface area contributed by atoms with E-state index in [0.29, 0.717) is 18.7 Å². The summed E-state index contributed by atoms with van der Waals surface area (Å²) in [6.45, 7) is 2.31. The van der Waals surface area contributed by atoms with Crippen LogP contribution in [0.3, 0.4) is 0 Å². The highest BCUT2D eigenvalue weighted by Crippen LogP contribution is 2.25. The number of hydrogen-bond acceptors (Lipinski definition) is 4. The van der Waals surface area contributed by atoms with Crippen LogP contribution in [0.2, 0.25) is 0 Å². The van der Waals surface area contributed by atoms with Crippen LogP contribution < -0.4 is 10.6 Å². The Hall–Kier alpha value is -2.97. The fourth-order valence-electron chi connectivity index (χ4n) is 4.31. The number of fused-ring (bicyclic) bond motifs is 1. The number of carbonyl (C=O) groups excluding carboxylic acids is 2. The third-order valence-corrected chi connectivity index (χ3v) is 6.25. The molecule has 0 spiro atoms. The van der Waals surface area contributed by atoms with Gasteiger partial charge in [0.05, 0.1) is 6.10 Å². The lowest BCUT2D eigenvalue weighted by Gasteiger charge is -2.24. The van der Waals surface area contributed by atoms with Gasteiger partial charge < -0.3 is 25.2 Å². The highest BCUT2D eigenvalue weighted by Gasteiger charge is 2.40. The van der Waals surface area contributed by atoms with Crippen molar-refractivity contribution in [3.05, 3.63) is 59.4 Å². The van der Waals surface area contributed by atoms with Gasteiger partial charge in [0.1, 0.15) is 11.9 Å². The zero-order chi connectivity index (χ0) is 22.7. The lowest BCUT2D eigenvalue weighted by molar-refractivity contribution is -0.119. The number of likely N-dealkylation sites (tertiary alicyclic amines) is 1. The zero-order valence-electron chi connectivity index (χ0n) is 18.4. The first-order chi connectivity index (χ1) is 15.4. The summed E-state index contributed by atoms with van der Waals surface area (Å²) in [5, 5.41) is 5.72. The van der Waals surface area contributed by atoms with E-state index >= 15 is 0 Å². The van der Waals surface area contributed by atoms with E-state index in [0.717, 1.165) is 31.6 Å². The molecular formula is C24H29FN4O3. The molecule has 0 aromatic heterocycles. The maximum atomic E-state index is 13.1. The summed E-state index contributed by atoms with van der Waals surface area (Å²) < 4.78 is 18.6. The third kappa shape index (κ3) is 5.08. The van der Waals surface area contributed by atoms with E-state index in [-0.39, 0.29) is 17.8 Å². The second-order valence-electron chi connectivity index (χ2n) is 8.47. The molecule has 2 aromatic carbocycles. The number of hydrogen-bond donors (Lipinski definition) is 2. The fraction of sp³-hybridized carbons (Fsp3) is 0.417. The highest BCUT2D eigenvalue weighted by atomic mass is 19.1. The van der Waals surface area contributed by atoms with E-state index < -0.39 is 12.1 Å². The van der Waals surface area contributed by atoms with Crippen molar-refractivity contribution in [3.63, 3.8) is 0 Å². The third-order valence-electron chi connectivity index (χ3n) is 6.25. The Bertz CT molecular complexity index is 982. The number of halogens is 1. The van der Waals surface area contributed by atoms with Crippen LogP contribution >= 0.6 is 0 Å². The number of urea groups is 1. The summed E-state index contributed by atoms with van der Waals surface area (Å²) in [4.78, 5) is 29.8. The van der Waals surface area contributed by atoms with E-state index in [4.69, 9.17) is 4.74 Å². The molecule has 2 atom stereocenters. The molecule has 2 heterocycles. The number of likely N-dealkylation sites (N-methyl/N-ethyl adjacent to an activating group) is 1. The van der Waals surface area contributed by atoms with Crippen molar-refractivity contribution in [3.8, 4) is 0 Å². The van der Waals surface area contributed by atoms with Gasteiger partial charge in [0.15, 0.2) is 0 Å². The summed E-state index contributed by atoms with van der Waals surface area (Å²) in [5.74, 6) is -0.627. The Morgan fingerprint density at radius 1 is 1.00 bits per heavy atom. The summed E-state index contributed by atoms with van der Waals surface area (Å²) in [7, 11) is 3.69. The van der Waals surface area contributed by atoms with Crippen LogP contribution in [-0.2, 0) is 22.4 Å². The number of nitrogens with zero attached hydrogens (tertiary/aromatic N) is 2. The molecule has 1 saturated heterocycles. The fourth-order valence-corrected chi connectivity index (χ4v) is 4.31. The van der Waals surface area contributed by atoms with Gasteiger partial charge in [-0.3, -0.25) is 4.79 Å². The molecule has 1 unspecified atom stereocenters. The Morgan fingerprint density at radius 2 is 1.69 bits per heavy atom. The first-order valence-electron chi connectivity index (χ1n) is 10.9. The standard InChI is InChI=1S/C24H29FN4O3/c1-28-11-9-16-3-6-20(13-17(16)10-12-28)26-23(30)22-14-21(32-2)15-29(22)24(31)27-19-7-4-18(25)5-8-19/h3-8,13,21-22H,9-12,14-15H2,1-2H3,(H,26,30)(H,27,31)/t21?,22-/m1/s1. The molecule has 2 aliphatic rings. The van der Waals surface area contributed by atoms with E-state index in [1.54, 1.807) is 7.11 Å². The van der Waals surface area contributed by atoms with Gasteiger partial charge in [-0.15, -0.1) is 0 Å². The molecule has 4 rings (SSSR count). The maximum absolute atomic E-state index is 13.1. The monoisotopic (exact) mass is 440 g/mol. The molecule has 170 valence electrons. The Balaban J connectivity index is 1.46. The van der Waals surface area contributed by atoms with Gasteiger partial charge in [0.2, 0.25) is 5.91 Å². The van der Waals surface area contributed by atoms with Crippen LogP contribution in [0.4, 0.5) is 20.6 Å². The van der Waals surface area contributed by atoms with Gasteiger partial charge in [-0.05, 0) is 67.4 Å². The van der Waals surface area contributed by atoms with Crippen LogP contribution in [0, 0.1) is 5.82 Å². The van der Waals surface area contributed by atoms with Gasteiger partial charge in [-0.25, -0.2) is 9.18 Å². The molecule has 0 aliphatic carbocycles. The number of anilines is 2. The predicted octanol–water partition coefficient (Wildman–Crippen LogP) is 3.12. The Kier molecular flexibility index (Phi) is 6.72. The van der Waals surface area contributed by atoms with Gasteiger partial charge >= 0.3 is 6.03 Å². The average Bonchev–Trinajstić information content (AvgIpc) is 3.15. The molecule has 7 nitrogen and oxygen atoms in total. The molecule has 32 heavy (non-hydrogen) atoms. The van der Waals surface area contributed by atoms with Gasteiger partial charge in [0, 0.05) is 44.5 Å². The molecule has 0 bridgehead atoms. The van der Waals surface area contributed by atoms with Gasteiger partial charge in [-0.1, -0.05) is 6.07 Å². The lowest BCUT2D eigenvalue weighted by Crippen LogP contribution is -2.45. The van der Waals surface area contributed by atoms with Crippen molar-refractivity contribution >= 4 is 23.3 Å². The summed E-state index contributed by atoms with van der Waals surface area (Å²) in [6.07, 6.45) is 2.12. The van der Waals surface area contributed by atoms with Crippen molar-refractivity contribution in [1.82, 2.24) is 9.80 Å². The zero-order valence-corrected chi connectivity index (χ0v) is 18.4. The largest absolute Gasteiger partial charge is 0.380 e. The molecular weight excluding hydrogens is 411 g/mol. The molecule has 2 aliphatic heterocycles. The number of benzene rings is 2. The van der Waals surface area contributed by atoms with Crippen molar-refractivity contribution in [2.75, 3.05) is 44.4 Å². The van der Waals surface area contributed by atoms with Crippen molar-refractivity contribution < 1.29 is 18.7 Å². The number of ether oxygens (including phenoxy) is 1. The first-order valence-corrected chi connectivity index (χ1v) is 10.9. The van der Waals surface area contributed by atoms with Crippen LogP contribution in [0.25, 0.3) is 0 Å². The molecule has 2 N–H and O–H groups in total. The minimum absolute atomic E-state index is 0.229. The van der Waals surface area contributed by atoms with Crippen LogP contribution in [-0.4, -0.2) is 67.7 Å². The molecule has 0 saturated carbocycles. The molecule has 1 fully saturated rings. The maximum Gasteiger partial charge on any atom is 0.322 e. The smallest absolute Gasteiger partial charge is 0.322 e. The number of methoxy groups -OCH3 is 1.